The van der Waals surface area contributed by atoms with E-state index >= 15 is 0 Å². The van der Waals surface area contributed by atoms with Crippen LogP contribution in [0, 0.1) is 0 Å². The van der Waals surface area contributed by atoms with Gasteiger partial charge < -0.3 is 10.5 Å². The van der Waals surface area contributed by atoms with Gasteiger partial charge in [-0.05, 0) is 12.5 Å². The van der Waals surface area contributed by atoms with Crippen LogP contribution >= 0.6 is 0 Å². The second kappa shape index (κ2) is 6.00. The van der Waals surface area contributed by atoms with E-state index in [9.17, 15) is 13.2 Å². The molecule has 1 amide bonds. The number of hydrogen-bond donors (Lipinski definition) is 3. The summed E-state index contributed by atoms with van der Waals surface area (Å²) in [5.74, 6) is 0. The standard InChI is InChI=1S/C11H17N3O4S/c1-11(8-12,9-6-4-3-5-7-9)14-19(16,17)13-10(15)18-2/h3-7,14H,8,12H2,1-2H3,(H,13,15). The largest absolute Gasteiger partial charge is 0.452 e. The number of methoxy groups -OCH3 is 1. The molecular weight excluding hydrogens is 270 g/mol. The highest BCUT2D eigenvalue weighted by molar-refractivity contribution is 7.88. The van der Waals surface area contributed by atoms with Crippen LogP contribution in [0.25, 0.3) is 0 Å². The van der Waals surface area contributed by atoms with Crippen molar-refractivity contribution in [1.29, 1.82) is 0 Å². The molecule has 1 unspecified atom stereocenters. The number of nitrogens with one attached hydrogen (secondary N) is 2. The molecule has 0 spiro atoms. The van der Waals surface area contributed by atoms with E-state index in [1.807, 2.05) is 6.07 Å². The minimum Gasteiger partial charge on any atom is -0.452 e. The third-order valence-corrected chi connectivity index (χ3v) is 3.74. The van der Waals surface area contributed by atoms with Crippen molar-refractivity contribution >= 4 is 16.3 Å². The van der Waals surface area contributed by atoms with Gasteiger partial charge in [-0.15, -0.1) is 0 Å². The smallest absolute Gasteiger partial charge is 0.421 e. The molecule has 7 nitrogen and oxygen atoms in total. The predicted molar refractivity (Wildman–Crippen MR) is 70.4 cm³/mol. The van der Waals surface area contributed by atoms with E-state index in [0.717, 1.165) is 7.11 Å². The van der Waals surface area contributed by atoms with Gasteiger partial charge in [0.15, 0.2) is 0 Å². The van der Waals surface area contributed by atoms with Crippen molar-refractivity contribution in [2.75, 3.05) is 13.7 Å². The summed E-state index contributed by atoms with van der Waals surface area (Å²) in [4.78, 5) is 11.0. The third-order valence-electron chi connectivity index (χ3n) is 2.58. The fourth-order valence-corrected chi connectivity index (χ4v) is 2.65. The van der Waals surface area contributed by atoms with Crippen LogP contribution in [-0.2, 0) is 20.5 Å². The summed E-state index contributed by atoms with van der Waals surface area (Å²) in [6, 6.07) is 8.83. The van der Waals surface area contributed by atoms with Crippen molar-refractivity contribution in [1.82, 2.24) is 9.44 Å². The fourth-order valence-electron chi connectivity index (χ4n) is 1.50. The van der Waals surface area contributed by atoms with Gasteiger partial charge in [0.1, 0.15) is 0 Å². The van der Waals surface area contributed by atoms with Crippen LogP contribution < -0.4 is 15.2 Å². The van der Waals surface area contributed by atoms with Crippen molar-refractivity contribution in [3.8, 4) is 0 Å². The summed E-state index contributed by atoms with van der Waals surface area (Å²) in [5, 5.41) is 0. The van der Waals surface area contributed by atoms with E-state index in [4.69, 9.17) is 5.73 Å². The average Bonchev–Trinajstić information content (AvgIpc) is 2.38. The van der Waals surface area contributed by atoms with Gasteiger partial charge in [0, 0.05) is 6.54 Å². The molecule has 1 aromatic rings. The molecule has 1 aromatic carbocycles. The Morgan fingerprint density at radius 1 is 1.37 bits per heavy atom. The molecule has 8 heteroatoms. The zero-order valence-electron chi connectivity index (χ0n) is 10.7. The monoisotopic (exact) mass is 287 g/mol. The number of hydrogen-bond acceptors (Lipinski definition) is 5. The maximum atomic E-state index is 11.8. The third kappa shape index (κ3) is 4.19. The number of amides is 1. The molecule has 4 N–H and O–H groups in total. The van der Waals surface area contributed by atoms with Gasteiger partial charge in [0.2, 0.25) is 0 Å². The van der Waals surface area contributed by atoms with Crippen LogP contribution in [0.1, 0.15) is 12.5 Å². The molecule has 0 saturated carbocycles. The molecular formula is C11H17N3O4S. The molecule has 0 aromatic heterocycles. The number of benzene rings is 1. The normalized spacial score (nSPS) is 14.5. The molecule has 19 heavy (non-hydrogen) atoms. The maximum absolute atomic E-state index is 11.8. The van der Waals surface area contributed by atoms with Crippen molar-refractivity contribution in [3.05, 3.63) is 35.9 Å². The van der Waals surface area contributed by atoms with E-state index in [0.29, 0.717) is 5.56 Å². The minimum absolute atomic E-state index is 0.0269. The fraction of sp³-hybridized carbons (Fsp3) is 0.364. The van der Waals surface area contributed by atoms with Gasteiger partial charge in [0.25, 0.3) is 0 Å². The lowest BCUT2D eigenvalue weighted by Gasteiger charge is -2.29. The van der Waals surface area contributed by atoms with Crippen LogP contribution in [0.3, 0.4) is 0 Å². The number of ether oxygens (including phenoxy) is 1. The van der Waals surface area contributed by atoms with Crippen molar-refractivity contribution < 1.29 is 17.9 Å². The SMILES string of the molecule is COC(=O)NS(=O)(=O)NC(C)(CN)c1ccccc1. The Labute approximate surface area is 112 Å². The van der Waals surface area contributed by atoms with Gasteiger partial charge >= 0.3 is 16.3 Å². The molecule has 1 rings (SSSR count). The molecule has 0 heterocycles. The Morgan fingerprint density at radius 3 is 2.42 bits per heavy atom. The highest BCUT2D eigenvalue weighted by Gasteiger charge is 2.31. The second-order valence-electron chi connectivity index (χ2n) is 4.10. The first-order valence-electron chi connectivity index (χ1n) is 5.48. The number of rotatable bonds is 5. The molecule has 106 valence electrons. The van der Waals surface area contributed by atoms with Gasteiger partial charge in [-0.3, -0.25) is 0 Å². The summed E-state index contributed by atoms with van der Waals surface area (Å²) >= 11 is 0. The van der Waals surface area contributed by atoms with Gasteiger partial charge in [-0.25, -0.2) is 9.52 Å². The van der Waals surface area contributed by atoms with Gasteiger partial charge in [-0.1, -0.05) is 30.3 Å². The first-order valence-corrected chi connectivity index (χ1v) is 6.96. The highest BCUT2D eigenvalue weighted by atomic mass is 32.2. The molecule has 0 saturated heterocycles. The Kier molecular flexibility index (Phi) is 4.87. The number of carbonyl (C=O) groups is 1. The summed E-state index contributed by atoms with van der Waals surface area (Å²) < 4.78 is 31.8. The Hall–Kier alpha value is -1.64. The van der Waals surface area contributed by atoms with Gasteiger partial charge in [-0.2, -0.15) is 13.1 Å². The Morgan fingerprint density at radius 2 is 1.95 bits per heavy atom. The summed E-state index contributed by atoms with van der Waals surface area (Å²) in [6.07, 6.45) is -1.07. The van der Waals surface area contributed by atoms with Crippen molar-refractivity contribution in [2.45, 2.75) is 12.5 Å². The molecule has 0 bridgehead atoms. The van der Waals surface area contributed by atoms with Crippen LogP contribution in [0.15, 0.2) is 30.3 Å². The summed E-state index contributed by atoms with van der Waals surface area (Å²) in [5.41, 5.74) is 5.30. The second-order valence-corrected chi connectivity index (χ2v) is 5.52. The molecule has 0 aliphatic heterocycles. The van der Waals surface area contributed by atoms with E-state index < -0.39 is 21.8 Å². The topological polar surface area (TPSA) is 111 Å². The predicted octanol–water partition coefficient (Wildman–Crippen LogP) is 0.0509. The van der Waals surface area contributed by atoms with Crippen LogP contribution in [0.2, 0.25) is 0 Å². The first-order chi connectivity index (χ1) is 8.83. The quantitative estimate of drug-likeness (QED) is 0.708. The van der Waals surface area contributed by atoms with Crippen LogP contribution in [-0.4, -0.2) is 28.2 Å². The molecule has 1 atom stereocenters. The molecule has 0 radical (unpaired) electrons. The zero-order valence-corrected chi connectivity index (χ0v) is 11.5. The number of nitrogens with two attached hydrogens (primary N) is 1. The Balaban J connectivity index is 2.96. The summed E-state index contributed by atoms with van der Waals surface area (Å²) in [6.45, 7) is 1.65. The van der Waals surface area contributed by atoms with Gasteiger partial charge in [0.05, 0.1) is 12.6 Å². The first kappa shape index (κ1) is 15.4. The molecule has 0 aliphatic carbocycles. The maximum Gasteiger partial charge on any atom is 0.421 e. The average molecular weight is 287 g/mol. The van der Waals surface area contributed by atoms with Crippen molar-refractivity contribution in [2.24, 2.45) is 5.73 Å². The van der Waals surface area contributed by atoms with E-state index in [-0.39, 0.29) is 6.54 Å². The Bertz CT molecular complexity index is 532. The highest BCUT2D eigenvalue weighted by Crippen LogP contribution is 2.19. The molecule has 0 aliphatic rings. The number of carbonyl (C=O) groups excluding carboxylic acids is 1. The zero-order chi connectivity index (χ0) is 14.5. The van der Waals surface area contributed by atoms with Crippen LogP contribution in [0.4, 0.5) is 4.79 Å². The summed E-state index contributed by atoms with van der Waals surface area (Å²) in [7, 11) is -2.99. The van der Waals surface area contributed by atoms with E-state index in [1.165, 1.54) is 0 Å². The minimum atomic E-state index is -4.07. The van der Waals surface area contributed by atoms with E-state index in [1.54, 1.807) is 35.9 Å². The van der Waals surface area contributed by atoms with E-state index in [2.05, 4.69) is 9.46 Å². The van der Waals surface area contributed by atoms with Crippen LogP contribution in [0.5, 0.6) is 0 Å². The lowest BCUT2D eigenvalue weighted by molar-refractivity contribution is 0.177. The molecule has 0 fully saturated rings. The lowest BCUT2D eigenvalue weighted by Crippen LogP contribution is -2.53. The lowest BCUT2D eigenvalue weighted by atomic mass is 9.94. The van der Waals surface area contributed by atoms with Crippen molar-refractivity contribution in [3.63, 3.8) is 0 Å².